The number of hydrogen-bond donors (Lipinski definition) is 1. The summed E-state index contributed by atoms with van der Waals surface area (Å²) in [7, 11) is 1.46. The van der Waals surface area contributed by atoms with Gasteiger partial charge in [0.15, 0.2) is 0 Å². The van der Waals surface area contributed by atoms with Gasteiger partial charge in [-0.15, -0.1) is 0 Å². The van der Waals surface area contributed by atoms with E-state index in [9.17, 15) is 4.79 Å². The Hall–Kier alpha value is -1.45. The molecule has 0 atom stereocenters. The summed E-state index contributed by atoms with van der Waals surface area (Å²) in [6.07, 6.45) is 1.67. The standard InChI is InChI=1S/C12H9Cl2NO2/c1-17-12-8(5-7(13)6-9(12)14)11(16)10-3-2-4-15-10/h2-6,15H,1H3. The Morgan fingerprint density at radius 2 is 2.12 bits per heavy atom. The molecule has 0 saturated heterocycles. The number of hydrogen-bond acceptors (Lipinski definition) is 2. The first-order valence-electron chi connectivity index (χ1n) is 4.84. The number of H-pyrrole nitrogens is 1. The van der Waals surface area contributed by atoms with Crippen LogP contribution in [0.4, 0.5) is 0 Å². The molecule has 3 nitrogen and oxygen atoms in total. The van der Waals surface area contributed by atoms with Gasteiger partial charge in [-0.2, -0.15) is 0 Å². The van der Waals surface area contributed by atoms with Crippen LogP contribution in [0.5, 0.6) is 5.75 Å². The van der Waals surface area contributed by atoms with Gasteiger partial charge in [0.05, 0.1) is 23.4 Å². The maximum absolute atomic E-state index is 12.2. The molecule has 0 fully saturated rings. The van der Waals surface area contributed by atoms with E-state index >= 15 is 0 Å². The second-order valence-electron chi connectivity index (χ2n) is 3.38. The van der Waals surface area contributed by atoms with Crippen molar-refractivity contribution < 1.29 is 9.53 Å². The average molecular weight is 270 g/mol. The van der Waals surface area contributed by atoms with Gasteiger partial charge in [-0.1, -0.05) is 23.2 Å². The molecule has 88 valence electrons. The molecule has 17 heavy (non-hydrogen) atoms. The zero-order valence-electron chi connectivity index (χ0n) is 8.96. The molecule has 1 heterocycles. The topological polar surface area (TPSA) is 42.1 Å². The van der Waals surface area contributed by atoms with Crippen molar-refractivity contribution in [1.29, 1.82) is 0 Å². The molecule has 2 aromatic rings. The van der Waals surface area contributed by atoms with E-state index in [1.807, 2.05) is 0 Å². The Morgan fingerprint density at radius 3 is 2.71 bits per heavy atom. The molecule has 0 aliphatic rings. The van der Waals surface area contributed by atoms with E-state index < -0.39 is 0 Å². The van der Waals surface area contributed by atoms with Crippen LogP contribution in [0.1, 0.15) is 16.1 Å². The van der Waals surface area contributed by atoms with E-state index in [4.69, 9.17) is 27.9 Å². The van der Waals surface area contributed by atoms with Crippen LogP contribution >= 0.6 is 23.2 Å². The Bertz CT molecular complexity index is 550. The molecule has 1 N–H and O–H groups in total. The molecule has 5 heteroatoms. The van der Waals surface area contributed by atoms with E-state index in [-0.39, 0.29) is 5.78 Å². The van der Waals surface area contributed by atoms with Crippen molar-refractivity contribution in [3.8, 4) is 5.75 Å². The summed E-state index contributed by atoms with van der Waals surface area (Å²) in [5.74, 6) is 0.118. The van der Waals surface area contributed by atoms with Crippen molar-refractivity contribution in [2.45, 2.75) is 0 Å². The number of methoxy groups -OCH3 is 1. The maximum Gasteiger partial charge on any atom is 0.212 e. The summed E-state index contributed by atoms with van der Waals surface area (Å²) >= 11 is 11.9. The van der Waals surface area contributed by atoms with Crippen molar-refractivity contribution in [2.75, 3.05) is 7.11 Å². The molecule has 0 saturated carbocycles. The number of nitrogens with one attached hydrogen (secondary N) is 1. The number of ketones is 1. The van der Waals surface area contributed by atoms with Crippen molar-refractivity contribution in [3.05, 3.63) is 51.8 Å². The first-order chi connectivity index (χ1) is 8.13. The normalized spacial score (nSPS) is 10.3. The minimum absolute atomic E-state index is 0.212. The quantitative estimate of drug-likeness (QED) is 0.866. The molecule has 0 spiro atoms. The third-order valence-corrected chi connectivity index (χ3v) is 2.80. The third-order valence-electron chi connectivity index (χ3n) is 2.30. The summed E-state index contributed by atoms with van der Waals surface area (Å²) < 4.78 is 5.12. The van der Waals surface area contributed by atoms with Crippen molar-refractivity contribution in [3.63, 3.8) is 0 Å². The van der Waals surface area contributed by atoms with Crippen LogP contribution in [0.15, 0.2) is 30.5 Å². The fourth-order valence-electron chi connectivity index (χ4n) is 1.55. The summed E-state index contributed by atoms with van der Waals surface area (Å²) in [6, 6.07) is 6.49. The summed E-state index contributed by atoms with van der Waals surface area (Å²) in [5.41, 5.74) is 0.800. The van der Waals surface area contributed by atoms with Gasteiger partial charge in [0.25, 0.3) is 0 Å². The lowest BCUT2D eigenvalue weighted by Gasteiger charge is -2.09. The Kier molecular flexibility index (Phi) is 3.41. The van der Waals surface area contributed by atoms with Crippen molar-refractivity contribution in [1.82, 2.24) is 4.98 Å². The van der Waals surface area contributed by atoms with Crippen LogP contribution in [0.25, 0.3) is 0 Å². The highest BCUT2D eigenvalue weighted by molar-refractivity contribution is 6.36. The fraction of sp³-hybridized carbons (Fsp3) is 0.0833. The number of aromatic amines is 1. The molecule has 0 aliphatic carbocycles. The summed E-state index contributed by atoms with van der Waals surface area (Å²) in [4.78, 5) is 15.0. The second-order valence-corrected chi connectivity index (χ2v) is 4.22. The van der Waals surface area contributed by atoms with Crippen LogP contribution < -0.4 is 4.74 Å². The highest BCUT2D eigenvalue weighted by Gasteiger charge is 2.18. The molecular weight excluding hydrogens is 261 g/mol. The first kappa shape index (κ1) is 12.0. The maximum atomic E-state index is 12.2. The van der Waals surface area contributed by atoms with Crippen LogP contribution in [-0.2, 0) is 0 Å². The molecule has 0 amide bonds. The Morgan fingerprint density at radius 1 is 1.35 bits per heavy atom. The molecule has 0 aliphatic heterocycles. The van der Waals surface area contributed by atoms with Gasteiger partial charge in [0, 0.05) is 11.2 Å². The lowest BCUT2D eigenvalue weighted by atomic mass is 10.1. The minimum atomic E-state index is -0.212. The van der Waals surface area contributed by atoms with E-state index in [2.05, 4.69) is 4.98 Å². The number of carbonyl (C=O) groups is 1. The van der Waals surface area contributed by atoms with Gasteiger partial charge in [0.1, 0.15) is 5.75 Å². The lowest BCUT2D eigenvalue weighted by molar-refractivity contribution is 0.103. The molecule has 0 radical (unpaired) electrons. The average Bonchev–Trinajstić information content (AvgIpc) is 2.80. The van der Waals surface area contributed by atoms with E-state index in [1.54, 1.807) is 18.3 Å². The van der Waals surface area contributed by atoms with Crippen LogP contribution in [0.2, 0.25) is 10.0 Å². The number of aromatic nitrogens is 1. The van der Waals surface area contributed by atoms with Gasteiger partial charge in [-0.3, -0.25) is 4.79 Å². The van der Waals surface area contributed by atoms with Gasteiger partial charge < -0.3 is 9.72 Å². The van der Waals surface area contributed by atoms with Gasteiger partial charge in [-0.25, -0.2) is 0 Å². The highest BCUT2D eigenvalue weighted by Crippen LogP contribution is 2.33. The second kappa shape index (κ2) is 4.82. The van der Waals surface area contributed by atoms with E-state index in [0.717, 1.165) is 0 Å². The number of halogens is 2. The van der Waals surface area contributed by atoms with Crippen LogP contribution in [-0.4, -0.2) is 17.9 Å². The SMILES string of the molecule is COc1c(Cl)cc(Cl)cc1C(=O)c1ccc[nH]1. The molecule has 0 bridgehead atoms. The Balaban J connectivity index is 2.55. The zero-order valence-corrected chi connectivity index (χ0v) is 10.5. The fourth-order valence-corrected chi connectivity index (χ4v) is 2.12. The predicted molar refractivity (Wildman–Crippen MR) is 67.2 cm³/mol. The lowest BCUT2D eigenvalue weighted by Crippen LogP contribution is -2.04. The molecule has 0 unspecified atom stereocenters. The molecule has 1 aromatic carbocycles. The van der Waals surface area contributed by atoms with Crippen LogP contribution in [0, 0.1) is 0 Å². The first-order valence-corrected chi connectivity index (χ1v) is 5.60. The van der Waals surface area contributed by atoms with E-state index in [1.165, 1.54) is 19.2 Å². The molecule has 2 rings (SSSR count). The predicted octanol–water partition coefficient (Wildman–Crippen LogP) is 3.56. The number of carbonyl (C=O) groups excluding carboxylic acids is 1. The largest absolute Gasteiger partial charge is 0.494 e. The third kappa shape index (κ3) is 2.30. The summed E-state index contributed by atoms with van der Waals surface area (Å²) in [6.45, 7) is 0. The molecular formula is C12H9Cl2NO2. The number of rotatable bonds is 3. The highest BCUT2D eigenvalue weighted by atomic mass is 35.5. The molecule has 1 aromatic heterocycles. The van der Waals surface area contributed by atoms with Gasteiger partial charge in [-0.05, 0) is 24.3 Å². The number of benzene rings is 1. The van der Waals surface area contributed by atoms with E-state index in [0.29, 0.717) is 27.1 Å². The minimum Gasteiger partial charge on any atom is -0.494 e. The van der Waals surface area contributed by atoms with Crippen molar-refractivity contribution >= 4 is 29.0 Å². The number of ether oxygens (including phenoxy) is 1. The summed E-state index contributed by atoms with van der Waals surface area (Å²) in [5, 5.41) is 0.709. The smallest absolute Gasteiger partial charge is 0.212 e. The monoisotopic (exact) mass is 269 g/mol. The van der Waals surface area contributed by atoms with Crippen LogP contribution in [0.3, 0.4) is 0 Å². The van der Waals surface area contributed by atoms with Crippen molar-refractivity contribution in [2.24, 2.45) is 0 Å². The van der Waals surface area contributed by atoms with Gasteiger partial charge in [0.2, 0.25) is 5.78 Å². The Labute approximate surface area is 108 Å². The zero-order chi connectivity index (χ0) is 12.4. The van der Waals surface area contributed by atoms with Gasteiger partial charge >= 0.3 is 0 Å².